The highest BCUT2D eigenvalue weighted by atomic mass is 16.4. The van der Waals surface area contributed by atoms with Crippen molar-refractivity contribution in [2.45, 2.75) is 64.3 Å². The quantitative estimate of drug-likeness (QED) is 0.740. The summed E-state index contributed by atoms with van der Waals surface area (Å²) in [6.07, 6.45) is 5.19. The molecule has 0 radical (unpaired) electrons. The molecule has 0 aromatic carbocycles. The number of hydrogen-bond acceptors (Lipinski definition) is 3. The molecule has 120 valence electrons. The fourth-order valence-corrected chi connectivity index (χ4v) is 3.64. The van der Waals surface area contributed by atoms with Crippen LogP contribution in [0.1, 0.15) is 58.8 Å². The van der Waals surface area contributed by atoms with Gasteiger partial charge in [-0.25, -0.2) is 4.79 Å². The average molecular weight is 296 g/mol. The number of hydrogen-bond donors (Lipinski definition) is 3. The Hall–Kier alpha value is -1.10. The Morgan fingerprint density at radius 2 is 1.76 bits per heavy atom. The number of carbonyl (C=O) groups is 2. The van der Waals surface area contributed by atoms with Gasteiger partial charge in [0.05, 0.1) is 5.41 Å². The summed E-state index contributed by atoms with van der Waals surface area (Å²) < 4.78 is 0. The van der Waals surface area contributed by atoms with Crippen molar-refractivity contribution in [2.24, 2.45) is 11.3 Å². The van der Waals surface area contributed by atoms with Crippen LogP contribution in [0.15, 0.2) is 0 Å². The van der Waals surface area contributed by atoms with Gasteiger partial charge in [-0.15, -0.1) is 0 Å². The lowest BCUT2D eigenvalue weighted by Crippen LogP contribution is -2.60. The van der Waals surface area contributed by atoms with Gasteiger partial charge in [0, 0.05) is 0 Å². The molecule has 1 aliphatic heterocycles. The minimum Gasteiger partial charge on any atom is -0.480 e. The Kier molecular flexibility index (Phi) is 4.91. The summed E-state index contributed by atoms with van der Waals surface area (Å²) in [5, 5.41) is 15.9. The lowest BCUT2D eigenvalue weighted by atomic mass is 9.73. The predicted octanol–water partition coefficient (Wildman–Crippen LogP) is 1.92. The monoisotopic (exact) mass is 296 g/mol. The highest BCUT2D eigenvalue weighted by Crippen LogP contribution is 2.37. The molecule has 0 atom stereocenters. The lowest BCUT2D eigenvalue weighted by Gasteiger charge is -2.41. The first kappa shape index (κ1) is 16.3. The number of amides is 1. The van der Waals surface area contributed by atoms with Crippen molar-refractivity contribution in [1.29, 1.82) is 0 Å². The molecule has 5 heteroatoms. The Labute approximate surface area is 126 Å². The highest BCUT2D eigenvalue weighted by Gasteiger charge is 2.47. The first-order valence-electron chi connectivity index (χ1n) is 8.21. The van der Waals surface area contributed by atoms with Crippen LogP contribution in [-0.4, -0.2) is 35.6 Å². The fraction of sp³-hybridized carbons (Fsp3) is 0.875. The molecule has 0 unspecified atom stereocenters. The van der Waals surface area contributed by atoms with Crippen LogP contribution in [0.5, 0.6) is 0 Å². The smallest absolute Gasteiger partial charge is 0.329 e. The van der Waals surface area contributed by atoms with Crippen molar-refractivity contribution in [3.05, 3.63) is 0 Å². The predicted molar refractivity (Wildman–Crippen MR) is 81.0 cm³/mol. The number of nitrogens with one attached hydrogen (secondary N) is 2. The van der Waals surface area contributed by atoms with Gasteiger partial charge < -0.3 is 15.7 Å². The second-order valence-electron chi connectivity index (χ2n) is 6.91. The first-order valence-corrected chi connectivity index (χ1v) is 8.21. The molecular weight excluding hydrogens is 268 g/mol. The topological polar surface area (TPSA) is 78.4 Å². The van der Waals surface area contributed by atoms with Crippen LogP contribution in [0.25, 0.3) is 0 Å². The third-order valence-electron chi connectivity index (χ3n) is 5.61. The Morgan fingerprint density at radius 3 is 2.24 bits per heavy atom. The van der Waals surface area contributed by atoms with Crippen LogP contribution >= 0.6 is 0 Å². The summed E-state index contributed by atoms with van der Waals surface area (Å²) in [5.41, 5.74) is -1.44. The van der Waals surface area contributed by atoms with E-state index in [1.807, 2.05) is 6.92 Å². The largest absolute Gasteiger partial charge is 0.480 e. The van der Waals surface area contributed by atoms with Crippen LogP contribution < -0.4 is 10.6 Å². The van der Waals surface area contributed by atoms with E-state index in [4.69, 9.17) is 0 Å². The molecule has 3 N–H and O–H groups in total. The molecule has 0 bridgehead atoms. The fourth-order valence-electron chi connectivity index (χ4n) is 3.64. The molecule has 2 rings (SSSR count). The summed E-state index contributed by atoms with van der Waals surface area (Å²) in [4.78, 5) is 24.6. The van der Waals surface area contributed by atoms with Gasteiger partial charge in [0.15, 0.2) is 0 Å². The molecule has 1 amide bonds. The number of carbonyl (C=O) groups excluding carboxylic acids is 1. The third kappa shape index (κ3) is 3.23. The molecular formula is C16H28N2O3. The minimum atomic E-state index is -1.05. The molecule has 0 aromatic heterocycles. The second kappa shape index (κ2) is 6.34. The number of carboxylic acids is 1. The van der Waals surface area contributed by atoms with Crippen LogP contribution in [0, 0.1) is 11.3 Å². The van der Waals surface area contributed by atoms with Crippen molar-refractivity contribution >= 4 is 11.9 Å². The molecule has 1 aliphatic carbocycles. The molecule has 1 heterocycles. The van der Waals surface area contributed by atoms with E-state index >= 15 is 0 Å². The zero-order valence-electron chi connectivity index (χ0n) is 13.2. The Bertz CT molecular complexity index is 394. The van der Waals surface area contributed by atoms with Crippen molar-refractivity contribution < 1.29 is 14.7 Å². The first-order chi connectivity index (χ1) is 9.94. The van der Waals surface area contributed by atoms with E-state index in [1.165, 1.54) is 0 Å². The Morgan fingerprint density at radius 1 is 1.19 bits per heavy atom. The normalized spacial score (nSPS) is 32.4. The molecule has 1 saturated heterocycles. The molecule has 2 aliphatic rings. The van der Waals surface area contributed by atoms with Crippen molar-refractivity contribution in [3.63, 3.8) is 0 Å². The van der Waals surface area contributed by atoms with Gasteiger partial charge >= 0.3 is 5.97 Å². The van der Waals surface area contributed by atoms with Crippen LogP contribution in [0.4, 0.5) is 0 Å². The second-order valence-corrected chi connectivity index (χ2v) is 6.91. The molecule has 1 saturated carbocycles. The number of carboxylic acid groups (broad SMARTS) is 1. The van der Waals surface area contributed by atoms with E-state index < -0.39 is 16.9 Å². The molecule has 0 aromatic rings. The van der Waals surface area contributed by atoms with E-state index in [-0.39, 0.29) is 5.91 Å². The van der Waals surface area contributed by atoms with E-state index in [0.29, 0.717) is 18.8 Å². The maximum absolute atomic E-state index is 12.8. The Balaban J connectivity index is 2.12. The van der Waals surface area contributed by atoms with Crippen LogP contribution in [-0.2, 0) is 9.59 Å². The van der Waals surface area contributed by atoms with Gasteiger partial charge in [-0.2, -0.15) is 0 Å². The van der Waals surface area contributed by atoms with Crippen LogP contribution in [0.2, 0.25) is 0 Å². The van der Waals surface area contributed by atoms with E-state index in [9.17, 15) is 14.7 Å². The summed E-state index contributed by atoms with van der Waals surface area (Å²) in [6, 6.07) is 0. The molecule has 0 spiro atoms. The van der Waals surface area contributed by atoms with Gasteiger partial charge in [-0.3, -0.25) is 4.79 Å². The number of aliphatic carboxylic acids is 1. The van der Waals surface area contributed by atoms with Crippen molar-refractivity contribution in [2.75, 3.05) is 13.1 Å². The van der Waals surface area contributed by atoms with E-state index in [0.717, 1.165) is 45.2 Å². The SMILES string of the molecule is CCC1(C(=O)NC2(C(=O)O)CCC(C)CC2)CCNCC1. The van der Waals surface area contributed by atoms with Crippen LogP contribution in [0.3, 0.4) is 0 Å². The summed E-state index contributed by atoms with van der Waals surface area (Å²) in [6.45, 7) is 5.84. The molecule has 21 heavy (non-hydrogen) atoms. The van der Waals surface area contributed by atoms with E-state index in [1.54, 1.807) is 0 Å². The van der Waals surface area contributed by atoms with Gasteiger partial charge in [0.1, 0.15) is 5.54 Å². The standard InChI is InChI=1S/C16H28N2O3/c1-3-15(8-10-17-11-9-15)13(19)18-16(14(20)21)6-4-12(2)5-7-16/h12,17H,3-11H2,1-2H3,(H,18,19)(H,20,21). The average Bonchev–Trinajstić information content (AvgIpc) is 2.50. The zero-order valence-corrected chi connectivity index (χ0v) is 13.2. The molecule has 5 nitrogen and oxygen atoms in total. The highest BCUT2D eigenvalue weighted by molar-refractivity contribution is 5.90. The number of rotatable bonds is 4. The van der Waals surface area contributed by atoms with Crippen molar-refractivity contribution in [1.82, 2.24) is 10.6 Å². The maximum Gasteiger partial charge on any atom is 0.329 e. The van der Waals surface area contributed by atoms with Gasteiger partial charge in [-0.1, -0.05) is 13.8 Å². The summed E-state index contributed by atoms with van der Waals surface area (Å²) in [7, 11) is 0. The minimum absolute atomic E-state index is 0.0524. The van der Waals surface area contributed by atoms with Gasteiger partial charge in [0.25, 0.3) is 0 Å². The van der Waals surface area contributed by atoms with E-state index in [2.05, 4.69) is 17.6 Å². The summed E-state index contributed by atoms with van der Waals surface area (Å²) >= 11 is 0. The summed E-state index contributed by atoms with van der Waals surface area (Å²) in [5.74, 6) is -0.375. The van der Waals surface area contributed by atoms with Gasteiger partial charge in [-0.05, 0) is 64.0 Å². The molecule has 2 fully saturated rings. The third-order valence-corrected chi connectivity index (χ3v) is 5.61. The zero-order chi connectivity index (χ0) is 15.5. The van der Waals surface area contributed by atoms with Gasteiger partial charge in [0.2, 0.25) is 5.91 Å². The number of piperidine rings is 1. The van der Waals surface area contributed by atoms with Crippen molar-refractivity contribution in [3.8, 4) is 0 Å². The maximum atomic E-state index is 12.8. The lowest BCUT2D eigenvalue weighted by molar-refractivity contribution is -0.152.